The molecule has 5 heteroatoms. The van der Waals surface area contributed by atoms with Crippen molar-refractivity contribution in [3.8, 4) is 0 Å². The molecule has 0 saturated heterocycles. The van der Waals surface area contributed by atoms with Gasteiger partial charge in [0.15, 0.2) is 6.29 Å². The van der Waals surface area contributed by atoms with Crippen LogP contribution in [0.4, 0.5) is 5.69 Å². The first kappa shape index (κ1) is 10.9. The number of methoxy groups -OCH3 is 1. The fourth-order valence-electron chi connectivity index (χ4n) is 1.10. The lowest BCUT2D eigenvalue weighted by atomic mass is 10.3. The van der Waals surface area contributed by atoms with Crippen LogP contribution in [0.3, 0.4) is 0 Å². The molecule has 1 aromatic heterocycles. The van der Waals surface area contributed by atoms with Gasteiger partial charge in [-0.3, -0.25) is 4.79 Å². The number of ether oxygens (including phenoxy) is 1. The van der Waals surface area contributed by atoms with Crippen molar-refractivity contribution >= 4 is 23.6 Å². The summed E-state index contributed by atoms with van der Waals surface area (Å²) >= 11 is 5.77. The van der Waals surface area contributed by atoms with Crippen molar-refractivity contribution < 1.29 is 9.53 Å². The molecule has 0 aliphatic rings. The van der Waals surface area contributed by atoms with Crippen LogP contribution in [0.15, 0.2) is 12.3 Å². The fourth-order valence-corrected chi connectivity index (χ4v) is 1.25. The van der Waals surface area contributed by atoms with Crippen LogP contribution in [0.2, 0.25) is 5.02 Å². The highest BCUT2D eigenvalue weighted by Gasteiger charge is 2.08. The van der Waals surface area contributed by atoms with Gasteiger partial charge in [-0.1, -0.05) is 11.6 Å². The van der Waals surface area contributed by atoms with Gasteiger partial charge in [0.1, 0.15) is 12.4 Å². The highest BCUT2D eigenvalue weighted by atomic mass is 35.5. The molecule has 0 aliphatic heterocycles. The monoisotopic (exact) mass is 214 g/mol. The van der Waals surface area contributed by atoms with Gasteiger partial charge in [-0.15, -0.1) is 0 Å². The topological polar surface area (TPSA) is 42.4 Å². The number of rotatable bonds is 4. The van der Waals surface area contributed by atoms with E-state index >= 15 is 0 Å². The summed E-state index contributed by atoms with van der Waals surface area (Å²) in [6, 6.07) is 1.68. The molecule has 0 unspecified atom stereocenters. The molecule has 0 saturated carbocycles. The highest BCUT2D eigenvalue weighted by Crippen LogP contribution is 2.20. The normalized spacial score (nSPS) is 9.93. The summed E-state index contributed by atoms with van der Waals surface area (Å²) in [7, 11) is 3.37. The molecule has 1 rings (SSSR count). The lowest BCUT2D eigenvalue weighted by Crippen LogP contribution is -2.21. The van der Waals surface area contributed by atoms with Crippen molar-refractivity contribution in [3.05, 3.63) is 23.0 Å². The minimum Gasteiger partial charge on any atom is -0.364 e. The minimum absolute atomic E-state index is 0.356. The lowest BCUT2D eigenvalue weighted by molar-refractivity contribution is 0.111. The zero-order chi connectivity index (χ0) is 10.6. The molecule has 1 heterocycles. The quantitative estimate of drug-likeness (QED) is 0.564. The minimum atomic E-state index is 0.356. The summed E-state index contributed by atoms with van der Waals surface area (Å²) in [4.78, 5) is 16.3. The summed E-state index contributed by atoms with van der Waals surface area (Å²) in [5.74, 6) is 0. The second-order valence-corrected chi connectivity index (χ2v) is 3.23. The Morgan fingerprint density at radius 3 is 3.00 bits per heavy atom. The third-order valence-electron chi connectivity index (χ3n) is 1.71. The molecule has 76 valence electrons. The number of hydrogen-bond acceptors (Lipinski definition) is 4. The smallest absolute Gasteiger partial charge is 0.170 e. The number of hydrogen-bond donors (Lipinski definition) is 0. The molecule has 0 atom stereocenters. The van der Waals surface area contributed by atoms with Crippen LogP contribution in [0.1, 0.15) is 10.5 Å². The van der Waals surface area contributed by atoms with Gasteiger partial charge in [-0.2, -0.15) is 0 Å². The van der Waals surface area contributed by atoms with E-state index in [0.717, 1.165) is 0 Å². The Balaban J connectivity index is 3.03. The predicted molar refractivity (Wildman–Crippen MR) is 54.9 cm³/mol. The van der Waals surface area contributed by atoms with E-state index in [-0.39, 0.29) is 0 Å². The first-order valence-electron chi connectivity index (χ1n) is 4.00. The summed E-state index contributed by atoms with van der Waals surface area (Å²) < 4.78 is 4.94. The average molecular weight is 215 g/mol. The number of anilines is 1. The van der Waals surface area contributed by atoms with Crippen molar-refractivity contribution in [2.24, 2.45) is 0 Å². The van der Waals surface area contributed by atoms with E-state index in [1.165, 1.54) is 6.20 Å². The van der Waals surface area contributed by atoms with Crippen LogP contribution >= 0.6 is 11.6 Å². The maximum absolute atomic E-state index is 10.7. The maximum atomic E-state index is 10.7. The first-order chi connectivity index (χ1) is 6.69. The Kier molecular flexibility index (Phi) is 3.85. The van der Waals surface area contributed by atoms with Gasteiger partial charge in [-0.05, 0) is 6.07 Å². The Labute approximate surface area is 87.4 Å². The van der Waals surface area contributed by atoms with Crippen LogP contribution in [0.5, 0.6) is 0 Å². The van der Waals surface area contributed by atoms with Crippen LogP contribution in [-0.2, 0) is 4.74 Å². The molecule has 0 amide bonds. The van der Waals surface area contributed by atoms with E-state index in [2.05, 4.69) is 4.98 Å². The van der Waals surface area contributed by atoms with Crippen molar-refractivity contribution in [2.45, 2.75) is 0 Å². The molecule has 0 N–H and O–H groups in total. The van der Waals surface area contributed by atoms with Crippen molar-refractivity contribution in [2.75, 3.05) is 25.8 Å². The van der Waals surface area contributed by atoms with E-state index in [0.29, 0.717) is 29.4 Å². The molecule has 0 radical (unpaired) electrons. The summed E-state index contributed by atoms with van der Waals surface area (Å²) in [6.45, 7) is 0.378. The van der Waals surface area contributed by atoms with E-state index in [1.807, 2.05) is 0 Å². The highest BCUT2D eigenvalue weighted by molar-refractivity contribution is 6.30. The third-order valence-corrected chi connectivity index (χ3v) is 1.92. The standard InChI is InChI=1S/C9H11ClN2O2/c1-12(6-14-2)9-3-7(10)4-11-8(9)5-13/h3-5H,6H2,1-2H3. The van der Waals surface area contributed by atoms with Gasteiger partial charge in [0.2, 0.25) is 0 Å². The number of nitrogens with zero attached hydrogens (tertiary/aromatic N) is 2. The molecule has 14 heavy (non-hydrogen) atoms. The zero-order valence-corrected chi connectivity index (χ0v) is 8.78. The number of aldehydes is 1. The van der Waals surface area contributed by atoms with E-state index in [1.54, 1.807) is 25.1 Å². The van der Waals surface area contributed by atoms with Gasteiger partial charge in [0.25, 0.3) is 0 Å². The molecular formula is C9H11ClN2O2. The number of carbonyl (C=O) groups is 1. The summed E-state index contributed by atoms with van der Waals surface area (Å²) in [6.07, 6.45) is 2.13. The summed E-state index contributed by atoms with van der Waals surface area (Å²) in [5.41, 5.74) is 1.02. The Morgan fingerprint density at radius 2 is 2.43 bits per heavy atom. The fraction of sp³-hybridized carbons (Fsp3) is 0.333. The van der Waals surface area contributed by atoms with E-state index in [9.17, 15) is 4.79 Å². The van der Waals surface area contributed by atoms with E-state index < -0.39 is 0 Å². The maximum Gasteiger partial charge on any atom is 0.170 e. The van der Waals surface area contributed by atoms with Crippen LogP contribution in [0.25, 0.3) is 0 Å². The zero-order valence-electron chi connectivity index (χ0n) is 8.03. The SMILES string of the molecule is COCN(C)c1cc(Cl)cnc1C=O. The van der Waals surface area contributed by atoms with Gasteiger partial charge >= 0.3 is 0 Å². The Morgan fingerprint density at radius 1 is 1.71 bits per heavy atom. The van der Waals surface area contributed by atoms with Gasteiger partial charge in [0, 0.05) is 20.4 Å². The Hall–Kier alpha value is -1.13. The Bertz CT molecular complexity index is 331. The molecule has 0 fully saturated rings. The molecular weight excluding hydrogens is 204 g/mol. The predicted octanol–water partition coefficient (Wildman–Crippen LogP) is 1.59. The largest absolute Gasteiger partial charge is 0.364 e. The number of carbonyl (C=O) groups excluding carboxylic acids is 1. The van der Waals surface area contributed by atoms with E-state index in [4.69, 9.17) is 16.3 Å². The molecule has 0 aromatic carbocycles. The molecule has 0 bridgehead atoms. The second-order valence-electron chi connectivity index (χ2n) is 2.79. The van der Waals surface area contributed by atoms with Crippen molar-refractivity contribution in [1.82, 2.24) is 4.98 Å². The number of pyridine rings is 1. The second kappa shape index (κ2) is 4.93. The number of aromatic nitrogens is 1. The average Bonchev–Trinajstić information content (AvgIpc) is 2.18. The molecule has 0 spiro atoms. The van der Waals surface area contributed by atoms with Crippen LogP contribution < -0.4 is 4.90 Å². The van der Waals surface area contributed by atoms with Crippen molar-refractivity contribution in [1.29, 1.82) is 0 Å². The number of halogens is 1. The van der Waals surface area contributed by atoms with Gasteiger partial charge in [-0.25, -0.2) is 4.98 Å². The van der Waals surface area contributed by atoms with Crippen molar-refractivity contribution in [3.63, 3.8) is 0 Å². The molecule has 4 nitrogen and oxygen atoms in total. The van der Waals surface area contributed by atoms with Crippen LogP contribution in [-0.4, -0.2) is 32.2 Å². The summed E-state index contributed by atoms with van der Waals surface area (Å²) in [5, 5.41) is 0.494. The van der Waals surface area contributed by atoms with Crippen LogP contribution in [0, 0.1) is 0 Å². The lowest BCUT2D eigenvalue weighted by Gasteiger charge is -2.18. The molecule has 1 aromatic rings. The van der Waals surface area contributed by atoms with Gasteiger partial charge in [0.05, 0.1) is 10.7 Å². The first-order valence-corrected chi connectivity index (χ1v) is 4.37. The third kappa shape index (κ3) is 2.43. The van der Waals surface area contributed by atoms with Gasteiger partial charge < -0.3 is 9.64 Å². The molecule has 0 aliphatic carbocycles.